The molecule has 0 aliphatic carbocycles. The van der Waals surface area contributed by atoms with E-state index in [2.05, 4.69) is 5.32 Å². The first kappa shape index (κ1) is 15.7. The van der Waals surface area contributed by atoms with Crippen LogP contribution >= 0.6 is 11.8 Å². The molecule has 0 rings (SSSR count). The van der Waals surface area contributed by atoms with Crippen LogP contribution in [0.1, 0.15) is 13.8 Å². The molecule has 0 saturated heterocycles. The standard InChI is InChI=1S/C10H21NO4S/c1-8(2)15-4-3-11-10(14)7-16-6-9(13)5-12/h8-9,12-13H,3-7H2,1-2H3,(H,11,14). The molecule has 0 radical (unpaired) electrons. The van der Waals surface area contributed by atoms with Gasteiger partial charge in [0.05, 0.1) is 31.2 Å². The normalized spacial score (nSPS) is 12.8. The fourth-order valence-electron chi connectivity index (χ4n) is 0.876. The average Bonchev–Trinajstić information content (AvgIpc) is 2.24. The van der Waals surface area contributed by atoms with E-state index < -0.39 is 6.10 Å². The molecule has 1 amide bonds. The third-order valence-corrected chi connectivity index (χ3v) is 2.72. The van der Waals surface area contributed by atoms with Crippen LogP contribution in [0, 0.1) is 0 Å². The van der Waals surface area contributed by atoms with E-state index >= 15 is 0 Å². The monoisotopic (exact) mass is 251 g/mol. The van der Waals surface area contributed by atoms with Gasteiger partial charge in [-0.1, -0.05) is 0 Å². The molecule has 96 valence electrons. The average molecular weight is 251 g/mol. The number of aliphatic hydroxyl groups excluding tert-OH is 2. The summed E-state index contributed by atoms with van der Waals surface area (Å²) in [6, 6.07) is 0. The Hall–Kier alpha value is -0.300. The zero-order valence-corrected chi connectivity index (χ0v) is 10.6. The molecule has 0 saturated carbocycles. The van der Waals surface area contributed by atoms with Crippen LogP contribution in [-0.2, 0) is 9.53 Å². The topological polar surface area (TPSA) is 78.8 Å². The minimum Gasteiger partial charge on any atom is -0.394 e. The molecule has 0 fully saturated rings. The van der Waals surface area contributed by atoms with Crippen molar-refractivity contribution in [2.45, 2.75) is 26.1 Å². The molecule has 0 aliphatic heterocycles. The summed E-state index contributed by atoms with van der Waals surface area (Å²) in [6.45, 7) is 4.62. The third-order valence-electron chi connectivity index (χ3n) is 1.63. The summed E-state index contributed by atoms with van der Waals surface area (Å²) in [6.07, 6.45) is -0.576. The zero-order valence-electron chi connectivity index (χ0n) is 9.81. The van der Waals surface area contributed by atoms with E-state index in [1.807, 2.05) is 13.8 Å². The van der Waals surface area contributed by atoms with E-state index in [1.54, 1.807) is 0 Å². The van der Waals surface area contributed by atoms with Crippen LogP contribution in [0.25, 0.3) is 0 Å². The van der Waals surface area contributed by atoms with E-state index in [0.29, 0.717) is 24.7 Å². The van der Waals surface area contributed by atoms with E-state index in [-0.39, 0.29) is 18.6 Å². The first-order valence-corrected chi connectivity index (χ1v) is 6.46. The van der Waals surface area contributed by atoms with Crippen LogP contribution < -0.4 is 5.32 Å². The minimum absolute atomic E-state index is 0.0810. The van der Waals surface area contributed by atoms with Gasteiger partial charge in [0.15, 0.2) is 0 Å². The summed E-state index contributed by atoms with van der Waals surface area (Å²) >= 11 is 1.30. The van der Waals surface area contributed by atoms with Crippen LogP contribution in [0.15, 0.2) is 0 Å². The van der Waals surface area contributed by atoms with Crippen molar-refractivity contribution in [2.75, 3.05) is 31.3 Å². The van der Waals surface area contributed by atoms with Gasteiger partial charge in [0.2, 0.25) is 5.91 Å². The largest absolute Gasteiger partial charge is 0.394 e. The first-order valence-electron chi connectivity index (χ1n) is 5.31. The number of thioether (sulfide) groups is 1. The van der Waals surface area contributed by atoms with E-state index in [0.717, 1.165) is 0 Å². The van der Waals surface area contributed by atoms with Gasteiger partial charge in [0.25, 0.3) is 0 Å². The van der Waals surface area contributed by atoms with Crippen LogP contribution in [-0.4, -0.2) is 59.6 Å². The molecule has 0 heterocycles. The summed E-state index contributed by atoms with van der Waals surface area (Å²) in [4.78, 5) is 11.2. The van der Waals surface area contributed by atoms with Crippen molar-refractivity contribution in [1.82, 2.24) is 5.32 Å². The van der Waals surface area contributed by atoms with Crippen LogP contribution in [0.2, 0.25) is 0 Å². The zero-order chi connectivity index (χ0) is 12.4. The van der Waals surface area contributed by atoms with Gasteiger partial charge in [-0.3, -0.25) is 4.79 Å². The molecule has 5 nitrogen and oxygen atoms in total. The SMILES string of the molecule is CC(C)OCCNC(=O)CSCC(O)CO. The number of carbonyl (C=O) groups excluding carboxylic acids is 1. The highest BCUT2D eigenvalue weighted by Gasteiger charge is 2.05. The maximum atomic E-state index is 11.2. The van der Waals surface area contributed by atoms with E-state index in [1.165, 1.54) is 11.8 Å². The molecule has 0 aromatic heterocycles. The lowest BCUT2D eigenvalue weighted by Gasteiger charge is -2.09. The summed E-state index contributed by atoms with van der Waals surface area (Å²) in [7, 11) is 0. The van der Waals surface area contributed by atoms with Gasteiger partial charge in [-0.15, -0.1) is 11.8 Å². The molecule has 1 atom stereocenters. The molecule has 0 aromatic rings. The van der Waals surface area contributed by atoms with Crippen molar-refractivity contribution < 1.29 is 19.7 Å². The predicted octanol–water partition coefficient (Wildman–Crippen LogP) is -0.386. The fraction of sp³-hybridized carbons (Fsp3) is 0.900. The third kappa shape index (κ3) is 10.2. The van der Waals surface area contributed by atoms with Crippen molar-refractivity contribution in [3.8, 4) is 0 Å². The highest BCUT2D eigenvalue weighted by molar-refractivity contribution is 7.99. The van der Waals surface area contributed by atoms with Gasteiger partial charge in [-0.25, -0.2) is 0 Å². The minimum atomic E-state index is -0.748. The lowest BCUT2D eigenvalue weighted by Crippen LogP contribution is -2.30. The van der Waals surface area contributed by atoms with Crippen molar-refractivity contribution >= 4 is 17.7 Å². The van der Waals surface area contributed by atoms with E-state index in [4.69, 9.17) is 14.9 Å². The lowest BCUT2D eigenvalue weighted by molar-refractivity contribution is -0.118. The quantitative estimate of drug-likeness (QED) is 0.487. The number of amides is 1. The Morgan fingerprint density at radius 3 is 2.75 bits per heavy atom. The molecule has 3 N–H and O–H groups in total. The number of carbonyl (C=O) groups is 1. The van der Waals surface area contributed by atoms with Crippen molar-refractivity contribution in [2.24, 2.45) is 0 Å². The Morgan fingerprint density at radius 2 is 2.19 bits per heavy atom. The fourth-order valence-corrected chi connectivity index (χ4v) is 1.66. The summed E-state index contributed by atoms with van der Waals surface area (Å²) in [5.74, 6) is 0.577. The lowest BCUT2D eigenvalue weighted by atomic mass is 10.4. The van der Waals surface area contributed by atoms with Crippen LogP contribution in [0.3, 0.4) is 0 Å². The number of hydrogen-bond acceptors (Lipinski definition) is 5. The van der Waals surface area contributed by atoms with Gasteiger partial charge in [0.1, 0.15) is 0 Å². The molecule has 0 aromatic carbocycles. The van der Waals surface area contributed by atoms with Gasteiger partial charge < -0.3 is 20.3 Å². The number of rotatable bonds is 9. The van der Waals surface area contributed by atoms with Crippen molar-refractivity contribution in [3.63, 3.8) is 0 Å². The highest BCUT2D eigenvalue weighted by atomic mass is 32.2. The van der Waals surface area contributed by atoms with Gasteiger partial charge >= 0.3 is 0 Å². The number of nitrogens with one attached hydrogen (secondary N) is 1. The molecule has 0 spiro atoms. The van der Waals surface area contributed by atoms with Gasteiger partial charge in [-0.05, 0) is 13.8 Å². The van der Waals surface area contributed by atoms with Crippen LogP contribution in [0.5, 0.6) is 0 Å². The molecular weight excluding hydrogens is 230 g/mol. The van der Waals surface area contributed by atoms with Gasteiger partial charge in [0, 0.05) is 12.3 Å². The second-order valence-electron chi connectivity index (χ2n) is 3.62. The molecule has 1 unspecified atom stereocenters. The van der Waals surface area contributed by atoms with E-state index in [9.17, 15) is 4.79 Å². The number of aliphatic hydroxyl groups is 2. The summed E-state index contributed by atoms with van der Waals surface area (Å²) in [5, 5.41) is 20.3. The Balaban J connectivity index is 3.31. The van der Waals surface area contributed by atoms with Crippen LogP contribution in [0.4, 0.5) is 0 Å². The molecule has 0 bridgehead atoms. The summed E-state index contributed by atoms with van der Waals surface area (Å²) in [5.41, 5.74) is 0. The Morgan fingerprint density at radius 1 is 1.50 bits per heavy atom. The maximum absolute atomic E-state index is 11.2. The molecular formula is C10H21NO4S. The van der Waals surface area contributed by atoms with Gasteiger partial charge in [-0.2, -0.15) is 0 Å². The Kier molecular flexibility index (Phi) is 9.71. The van der Waals surface area contributed by atoms with Crippen molar-refractivity contribution in [3.05, 3.63) is 0 Å². The number of hydrogen-bond donors (Lipinski definition) is 3. The smallest absolute Gasteiger partial charge is 0.230 e. The Labute approximate surface area is 101 Å². The first-order chi connectivity index (χ1) is 7.56. The molecule has 0 aliphatic rings. The predicted molar refractivity (Wildman–Crippen MR) is 64.5 cm³/mol. The summed E-state index contributed by atoms with van der Waals surface area (Å²) < 4.78 is 5.26. The highest BCUT2D eigenvalue weighted by Crippen LogP contribution is 2.01. The number of ether oxygens (including phenoxy) is 1. The second kappa shape index (κ2) is 9.89. The van der Waals surface area contributed by atoms with Crippen molar-refractivity contribution in [1.29, 1.82) is 0 Å². The Bertz CT molecular complexity index is 190. The second-order valence-corrected chi connectivity index (χ2v) is 4.65. The molecule has 6 heteroatoms. The molecule has 16 heavy (non-hydrogen) atoms. The maximum Gasteiger partial charge on any atom is 0.230 e.